The van der Waals surface area contributed by atoms with Gasteiger partial charge in [0.1, 0.15) is 11.2 Å². The Morgan fingerprint density at radius 1 is 0.963 bits per heavy atom. The maximum Gasteiger partial charge on any atom is 0.239 e. The molecule has 2 rings (SSSR count). The zero-order valence-corrected chi connectivity index (χ0v) is 17.0. The molecule has 0 atom stereocenters. The van der Waals surface area contributed by atoms with Crippen LogP contribution >= 0.6 is 11.6 Å². The zero-order valence-electron chi connectivity index (χ0n) is 16.2. The minimum absolute atomic E-state index is 0.378. The molecule has 6 heteroatoms. The number of anilines is 2. The van der Waals surface area contributed by atoms with Gasteiger partial charge in [-0.2, -0.15) is 0 Å². The van der Waals surface area contributed by atoms with Crippen molar-refractivity contribution in [2.75, 3.05) is 17.7 Å². The number of amides is 2. The molecule has 0 fully saturated rings. The normalized spacial score (nSPS) is 11.2. The molecule has 0 aliphatic heterocycles. The van der Waals surface area contributed by atoms with E-state index in [-0.39, 0.29) is 0 Å². The Labute approximate surface area is 165 Å². The van der Waals surface area contributed by atoms with Crippen LogP contribution in [0.25, 0.3) is 0 Å². The van der Waals surface area contributed by atoms with E-state index in [1.54, 1.807) is 32.0 Å². The van der Waals surface area contributed by atoms with Crippen LogP contribution in [0.5, 0.6) is 5.75 Å². The number of benzene rings is 2. The van der Waals surface area contributed by atoms with Gasteiger partial charge in [0, 0.05) is 11.4 Å². The average molecular weight is 389 g/mol. The largest absolute Gasteiger partial charge is 0.495 e. The van der Waals surface area contributed by atoms with Gasteiger partial charge in [0.05, 0.1) is 12.1 Å². The molecule has 0 unspecified atom stereocenters. The third-order valence-corrected chi connectivity index (χ3v) is 4.68. The Hall–Kier alpha value is -2.53. The van der Waals surface area contributed by atoms with E-state index in [0.717, 1.165) is 0 Å². The second kappa shape index (κ2) is 8.44. The highest BCUT2D eigenvalue weighted by atomic mass is 35.5. The molecule has 144 valence electrons. The molecule has 0 saturated carbocycles. The van der Waals surface area contributed by atoms with Crippen LogP contribution in [0.15, 0.2) is 42.5 Å². The smallest absolute Gasteiger partial charge is 0.239 e. The molecule has 5 nitrogen and oxygen atoms in total. The maximum absolute atomic E-state index is 12.6. The summed E-state index contributed by atoms with van der Waals surface area (Å²) >= 11 is 6.08. The van der Waals surface area contributed by atoms with Crippen LogP contribution in [0.1, 0.15) is 39.2 Å². The predicted octanol–water partition coefficient (Wildman–Crippen LogP) is 5.08. The van der Waals surface area contributed by atoms with Crippen molar-refractivity contribution >= 4 is 34.8 Å². The van der Waals surface area contributed by atoms with Gasteiger partial charge in [0.25, 0.3) is 0 Å². The van der Waals surface area contributed by atoms with Crippen molar-refractivity contribution in [3.63, 3.8) is 0 Å². The van der Waals surface area contributed by atoms with E-state index in [1.165, 1.54) is 12.7 Å². The lowest BCUT2D eigenvalue weighted by Crippen LogP contribution is -2.41. The van der Waals surface area contributed by atoms with E-state index in [4.69, 9.17) is 16.3 Å². The molecule has 2 amide bonds. The molecule has 2 N–H and O–H groups in total. The third-order valence-electron chi connectivity index (χ3n) is 4.38. The fourth-order valence-electron chi connectivity index (χ4n) is 2.37. The standard InChI is InChI=1S/C21H25ClN2O3/c1-13(2)14-6-8-15(9-7-14)23-19(25)21(3,4)20(26)24-16-10-11-18(27-5)17(22)12-16/h6-13H,1-5H3,(H,23,25)(H,24,26). The molecule has 2 aromatic carbocycles. The minimum Gasteiger partial charge on any atom is -0.495 e. The first-order valence-electron chi connectivity index (χ1n) is 8.71. The van der Waals surface area contributed by atoms with Gasteiger partial charge >= 0.3 is 0 Å². The number of hydrogen-bond acceptors (Lipinski definition) is 3. The van der Waals surface area contributed by atoms with E-state index in [0.29, 0.717) is 28.1 Å². The van der Waals surface area contributed by atoms with Crippen molar-refractivity contribution in [1.29, 1.82) is 0 Å². The number of hydrogen-bond donors (Lipinski definition) is 2. The van der Waals surface area contributed by atoms with Gasteiger partial charge in [0.15, 0.2) is 0 Å². The van der Waals surface area contributed by atoms with E-state index < -0.39 is 17.2 Å². The molecule has 0 saturated heterocycles. The Morgan fingerprint density at radius 3 is 1.96 bits per heavy atom. The third kappa shape index (κ3) is 5.01. The molecule has 0 aromatic heterocycles. The molecule has 0 bridgehead atoms. The maximum atomic E-state index is 12.6. The SMILES string of the molecule is COc1ccc(NC(=O)C(C)(C)C(=O)Nc2ccc(C(C)C)cc2)cc1Cl. The molecular weight excluding hydrogens is 364 g/mol. The van der Waals surface area contributed by atoms with E-state index in [9.17, 15) is 9.59 Å². The van der Waals surface area contributed by atoms with Crippen LogP contribution < -0.4 is 15.4 Å². The lowest BCUT2D eigenvalue weighted by Gasteiger charge is -2.23. The van der Waals surface area contributed by atoms with Crippen molar-refractivity contribution in [1.82, 2.24) is 0 Å². The van der Waals surface area contributed by atoms with Crippen molar-refractivity contribution in [2.45, 2.75) is 33.6 Å². The van der Waals surface area contributed by atoms with Crippen LogP contribution in [0.4, 0.5) is 11.4 Å². The second-order valence-corrected chi connectivity index (χ2v) is 7.57. The summed E-state index contributed by atoms with van der Waals surface area (Å²) < 4.78 is 5.09. The lowest BCUT2D eigenvalue weighted by molar-refractivity contribution is -0.135. The summed E-state index contributed by atoms with van der Waals surface area (Å²) in [7, 11) is 1.51. The highest BCUT2D eigenvalue weighted by Gasteiger charge is 2.36. The second-order valence-electron chi connectivity index (χ2n) is 7.16. The Balaban J connectivity index is 2.07. The van der Waals surface area contributed by atoms with Crippen LogP contribution in [0, 0.1) is 5.41 Å². The first-order chi connectivity index (χ1) is 12.6. The summed E-state index contributed by atoms with van der Waals surface area (Å²) in [6.45, 7) is 7.36. The molecule has 0 radical (unpaired) electrons. The number of nitrogens with one attached hydrogen (secondary N) is 2. The molecular formula is C21H25ClN2O3. The zero-order chi connectivity index (χ0) is 20.2. The summed E-state index contributed by atoms with van der Waals surface area (Å²) in [5.74, 6) is 0.0988. The van der Waals surface area contributed by atoms with Gasteiger partial charge in [0.2, 0.25) is 11.8 Å². The highest BCUT2D eigenvalue weighted by Crippen LogP contribution is 2.29. The fraction of sp³-hybridized carbons (Fsp3) is 0.333. The summed E-state index contributed by atoms with van der Waals surface area (Å²) in [6, 6.07) is 12.5. The number of carbonyl (C=O) groups excluding carboxylic acids is 2. The highest BCUT2D eigenvalue weighted by molar-refractivity contribution is 6.32. The molecule has 0 spiro atoms. The Bertz CT molecular complexity index is 830. The molecule has 2 aromatic rings. The number of rotatable bonds is 6. The Kier molecular flexibility index (Phi) is 6.50. The summed E-state index contributed by atoms with van der Waals surface area (Å²) in [5.41, 5.74) is 1.05. The quantitative estimate of drug-likeness (QED) is 0.678. The summed E-state index contributed by atoms with van der Waals surface area (Å²) in [5, 5.41) is 5.90. The number of methoxy groups -OCH3 is 1. The minimum atomic E-state index is -1.27. The van der Waals surface area contributed by atoms with Crippen molar-refractivity contribution < 1.29 is 14.3 Å². The van der Waals surface area contributed by atoms with Gasteiger partial charge in [-0.1, -0.05) is 37.6 Å². The van der Waals surface area contributed by atoms with Crippen molar-refractivity contribution in [3.8, 4) is 5.75 Å². The van der Waals surface area contributed by atoms with Gasteiger partial charge in [-0.3, -0.25) is 9.59 Å². The van der Waals surface area contributed by atoms with E-state index in [2.05, 4.69) is 24.5 Å². The first-order valence-corrected chi connectivity index (χ1v) is 9.09. The number of carbonyl (C=O) groups is 2. The van der Waals surface area contributed by atoms with Crippen molar-refractivity contribution in [2.24, 2.45) is 5.41 Å². The van der Waals surface area contributed by atoms with Crippen LogP contribution in [-0.2, 0) is 9.59 Å². The van der Waals surface area contributed by atoms with Crippen molar-refractivity contribution in [3.05, 3.63) is 53.1 Å². The summed E-state index contributed by atoms with van der Waals surface area (Å²) in [4.78, 5) is 25.3. The van der Waals surface area contributed by atoms with E-state index in [1.807, 2.05) is 24.3 Å². The van der Waals surface area contributed by atoms with Crippen LogP contribution in [0.2, 0.25) is 5.02 Å². The topological polar surface area (TPSA) is 67.4 Å². The Morgan fingerprint density at radius 2 is 1.48 bits per heavy atom. The molecule has 27 heavy (non-hydrogen) atoms. The lowest BCUT2D eigenvalue weighted by atomic mass is 9.90. The fourth-order valence-corrected chi connectivity index (χ4v) is 2.63. The van der Waals surface area contributed by atoms with Crippen LogP contribution in [-0.4, -0.2) is 18.9 Å². The van der Waals surface area contributed by atoms with Crippen LogP contribution in [0.3, 0.4) is 0 Å². The molecule has 0 aliphatic carbocycles. The summed E-state index contributed by atoms with van der Waals surface area (Å²) in [6.07, 6.45) is 0. The number of halogens is 1. The number of ether oxygens (including phenoxy) is 1. The van der Waals surface area contributed by atoms with Gasteiger partial charge in [-0.15, -0.1) is 0 Å². The molecule has 0 aliphatic rings. The van der Waals surface area contributed by atoms with Gasteiger partial charge in [-0.05, 0) is 55.7 Å². The van der Waals surface area contributed by atoms with E-state index >= 15 is 0 Å². The average Bonchev–Trinajstić information content (AvgIpc) is 2.62. The van der Waals surface area contributed by atoms with Gasteiger partial charge < -0.3 is 15.4 Å². The van der Waals surface area contributed by atoms with Gasteiger partial charge in [-0.25, -0.2) is 0 Å². The molecule has 0 heterocycles. The predicted molar refractivity (Wildman–Crippen MR) is 110 cm³/mol. The monoisotopic (exact) mass is 388 g/mol. The first kappa shape index (κ1) is 20.8.